The monoisotopic (exact) mass is 172 g/mol. The van der Waals surface area contributed by atoms with Gasteiger partial charge in [-0.2, -0.15) is 0 Å². The van der Waals surface area contributed by atoms with E-state index in [4.69, 9.17) is 10.2 Å². The minimum atomic E-state index is -0.780. The van der Waals surface area contributed by atoms with Crippen molar-refractivity contribution in [3.8, 4) is 0 Å². The number of carboxylic acid groups (broad SMARTS) is 1. The van der Waals surface area contributed by atoms with Crippen LogP contribution in [0, 0.1) is 5.92 Å². The number of allylic oxidation sites excluding steroid dienone is 1. The smallest absolute Gasteiger partial charge is 0.310 e. The Labute approximate surface area is 72.7 Å². The lowest BCUT2D eigenvalue weighted by Crippen LogP contribution is -2.09. The Hall–Kier alpha value is -0.830. The number of aliphatic hydroxyl groups excluding tert-OH is 1. The van der Waals surface area contributed by atoms with E-state index >= 15 is 0 Å². The van der Waals surface area contributed by atoms with E-state index in [2.05, 4.69) is 0 Å². The highest BCUT2D eigenvalue weighted by atomic mass is 16.4. The summed E-state index contributed by atoms with van der Waals surface area (Å²) >= 11 is 0. The zero-order valence-electron chi connectivity index (χ0n) is 7.36. The predicted molar refractivity (Wildman–Crippen MR) is 46.9 cm³/mol. The van der Waals surface area contributed by atoms with Crippen LogP contribution in [-0.4, -0.2) is 22.8 Å². The summed E-state index contributed by atoms with van der Waals surface area (Å²) < 4.78 is 0. The van der Waals surface area contributed by atoms with Gasteiger partial charge in [-0.1, -0.05) is 19.1 Å². The Bertz CT molecular complexity index is 152. The van der Waals surface area contributed by atoms with Crippen molar-refractivity contribution < 1.29 is 15.0 Å². The molecule has 0 aromatic heterocycles. The van der Waals surface area contributed by atoms with Gasteiger partial charge in [-0.05, 0) is 19.3 Å². The molecule has 0 aliphatic rings. The van der Waals surface area contributed by atoms with E-state index in [1.54, 1.807) is 6.08 Å². The molecule has 0 heterocycles. The molecular weight excluding hydrogens is 156 g/mol. The average molecular weight is 172 g/mol. The van der Waals surface area contributed by atoms with Crippen LogP contribution in [0.3, 0.4) is 0 Å². The average Bonchev–Trinajstić information content (AvgIpc) is 2.04. The lowest BCUT2D eigenvalue weighted by Gasteiger charge is -2.01. The lowest BCUT2D eigenvalue weighted by molar-refractivity contribution is -0.140. The molecule has 3 nitrogen and oxygen atoms in total. The van der Waals surface area contributed by atoms with E-state index < -0.39 is 5.97 Å². The number of unbranched alkanes of at least 4 members (excludes halogenated alkanes) is 1. The molecular formula is C9H16O3. The van der Waals surface area contributed by atoms with Gasteiger partial charge in [-0.3, -0.25) is 4.79 Å². The fourth-order valence-electron chi connectivity index (χ4n) is 0.863. The molecule has 12 heavy (non-hydrogen) atoms. The van der Waals surface area contributed by atoms with Crippen LogP contribution >= 0.6 is 0 Å². The van der Waals surface area contributed by atoms with Gasteiger partial charge in [-0.25, -0.2) is 0 Å². The Balaban J connectivity index is 3.69. The lowest BCUT2D eigenvalue weighted by atomic mass is 10.1. The van der Waals surface area contributed by atoms with E-state index in [-0.39, 0.29) is 12.5 Å². The highest BCUT2D eigenvalue weighted by Crippen LogP contribution is 2.05. The molecule has 2 N–H and O–H groups in total. The van der Waals surface area contributed by atoms with Crippen LogP contribution in [0.5, 0.6) is 0 Å². The fourth-order valence-corrected chi connectivity index (χ4v) is 0.863. The number of hydrogen-bond acceptors (Lipinski definition) is 2. The number of hydrogen-bond donors (Lipinski definition) is 2. The Morgan fingerprint density at radius 1 is 1.58 bits per heavy atom. The van der Waals surface area contributed by atoms with Crippen LogP contribution in [0.25, 0.3) is 0 Å². The van der Waals surface area contributed by atoms with Crippen LogP contribution in [0.4, 0.5) is 0 Å². The van der Waals surface area contributed by atoms with Crippen LogP contribution in [0.15, 0.2) is 12.2 Å². The van der Waals surface area contributed by atoms with Gasteiger partial charge in [0.05, 0.1) is 5.92 Å². The molecule has 0 amide bonds. The molecule has 0 radical (unpaired) electrons. The predicted octanol–water partition coefficient (Wildman–Crippen LogP) is 1.43. The van der Waals surface area contributed by atoms with Gasteiger partial charge >= 0.3 is 5.97 Å². The third-order valence-electron chi connectivity index (χ3n) is 1.65. The first-order valence-electron chi connectivity index (χ1n) is 4.22. The second kappa shape index (κ2) is 6.85. The number of aliphatic carboxylic acids is 1. The fraction of sp³-hybridized carbons (Fsp3) is 0.667. The third kappa shape index (κ3) is 4.91. The molecule has 0 aromatic rings. The Kier molecular flexibility index (Phi) is 6.38. The van der Waals surface area contributed by atoms with E-state index in [0.29, 0.717) is 12.8 Å². The van der Waals surface area contributed by atoms with Crippen molar-refractivity contribution in [2.45, 2.75) is 26.2 Å². The van der Waals surface area contributed by atoms with Crippen molar-refractivity contribution in [3.05, 3.63) is 12.2 Å². The maximum absolute atomic E-state index is 10.5. The summed E-state index contributed by atoms with van der Waals surface area (Å²) in [6.45, 7) is 2.00. The molecule has 70 valence electrons. The molecule has 0 bridgehead atoms. The van der Waals surface area contributed by atoms with Crippen LogP contribution in [-0.2, 0) is 4.79 Å². The number of rotatable bonds is 6. The second-order valence-corrected chi connectivity index (χ2v) is 2.65. The second-order valence-electron chi connectivity index (χ2n) is 2.65. The van der Waals surface area contributed by atoms with Crippen molar-refractivity contribution in [3.63, 3.8) is 0 Å². The topological polar surface area (TPSA) is 57.5 Å². The van der Waals surface area contributed by atoms with Crippen molar-refractivity contribution in [1.82, 2.24) is 0 Å². The maximum atomic E-state index is 10.5. The largest absolute Gasteiger partial charge is 0.481 e. The first kappa shape index (κ1) is 11.2. The molecule has 0 spiro atoms. The van der Waals surface area contributed by atoms with Gasteiger partial charge in [0.1, 0.15) is 0 Å². The number of carboxylic acids is 1. The number of carbonyl (C=O) groups is 1. The number of aliphatic hydroxyl groups is 1. The van der Waals surface area contributed by atoms with Crippen LogP contribution < -0.4 is 0 Å². The van der Waals surface area contributed by atoms with Crippen molar-refractivity contribution in [2.75, 3.05) is 6.61 Å². The molecule has 0 aliphatic carbocycles. The normalized spacial score (nSPS) is 13.5. The molecule has 1 atom stereocenters. The quantitative estimate of drug-likeness (QED) is 0.470. The molecule has 3 heteroatoms. The van der Waals surface area contributed by atoms with Crippen molar-refractivity contribution >= 4 is 5.97 Å². The van der Waals surface area contributed by atoms with Crippen molar-refractivity contribution in [1.29, 1.82) is 0 Å². The van der Waals surface area contributed by atoms with E-state index in [0.717, 1.165) is 6.42 Å². The van der Waals surface area contributed by atoms with Gasteiger partial charge in [0.15, 0.2) is 0 Å². The molecule has 0 fully saturated rings. The Morgan fingerprint density at radius 2 is 2.25 bits per heavy atom. The summed E-state index contributed by atoms with van der Waals surface area (Å²) in [6, 6.07) is 0. The SMILES string of the molecule is CCC(C=CCCCO)C(=O)O. The van der Waals surface area contributed by atoms with Gasteiger partial charge in [0, 0.05) is 6.61 Å². The Morgan fingerprint density at radius 3 is 2.67 bits per heavy atom. The summed E-state index contributed by atoms with van der Waals surface area (Å²) in [4.78, 5) is 10.5. The molecule has 0 aromatic carbocycles. The standard InChI is InChI=1S/C9H16O3/c1-2-8(9(11)12)6-4-3-5-7-10/h4,6,8,10H,2-3,5,7H2,1H3,(H,11,12). The maximum Gasteiger partial charge on any atom is 0.310 e. The first-order chi connectivity index (χ1) is 5.72. The van der Waals surface area contributed by atoms with Gasteiger partial charge < -0.3 is 10.2 Å². The summed E-state index contributed by atoms with van der Waals surface area (Å²) in [5.74, 6) is -1.15. The van der Waals surface area contributed by atoms with Crippen LogP contribution in [0.1, 0.15) is 26.2 Å². The molecule has 0 saturated carbocycles. The first-order valence-corrected chi connectivity index (χ1v) is 4.22. The highest BCUT2D eigenvalue weighted by Gasteiger charge is 2.09. The third-order valence-corrected chi connectivity index (χ3v) is 1.65. The zero-order chi connectivity index (χ0) is 9.40. The minimum Gasteiger partial charge on any atom is -0.481 e. The zero-order valence-corrected chi connectivity index (χ0v) is 7.36. The van der Waals surface area contributed by atoms with E-state index in [1.807, 2.05) is 13.0 Å². The van der Waals surface area contributed by atoms with Gasteiger partial charge in [-0.15, -0.1) is 0 Å². The van der Waals surface area contributed by atoms with Crippen LogP contribution in [0.2, 0.25) is 0 Å². The van der Waals surface area contributed by atoms with E-state index in [9.17, 15) is 4.79 Å². The van der Waals surface area contributed by atoms with Gasteiger partial charge in [0.25, 0.3) is 0 Å². The van der Waals surface area contributed by atoms with Crippen molar-refractivity contribution in [2.24, 2.45) is 5.92 Å². The summed E-state index contributed by atoms with van der Waals surface area (Å²) in [6.07, 6.45) is 5.58. The summed E-state index contributed by atoms with van der Waals surface area (Å²) in [7, 11) is 0. The molecule has 0 saturated heterocycles. The summed E-state index contributed by atoms with van der Waals surface area (Å²) in [5, 5.41) is 17.1. The molecule has 0 aliphatic heterocycles. The van der Waals surface area contributed by atoms with E-state index in [1.165, 1.54) is 0 Å². The summed E-state index contributed by atoms with van der Waals surface area (Å²) in [5.41, 5.74) is 0. The van der Waals surface area contributed by atoms with Gasteiger partial charge in [0.2, 0.25) is 0 Å². The minimum absolute atomic E-state index is 0.161. The molecule has 0 rings (SSSR count). The highest BCUT2D eigenvalue weighted by molar-refractivity contribution is 5.71. The molecule has 1 unspecified atom stereocenters.